The molecule has 2 rings (SSSR count). The van der Waals surface area contributed by atoms with E-state index in [4.69, 9.17) is 4.74 Å². The molecule has 0 spiro atoms. The van der Waals surface area contributed by atoms with Crippen LogP contribution < -0.4 is 4.74 Å². The van der Waals surface area contributed by atoms with E-state index in [0.717, 1.165) is 6.07 Å². The number of hydrogen-bond acceptors (Lipinski definition) is 1. The van der Waals surface area contributed by atoms with Crippen molar-refractivity contribution in [1.82, 2.24) is 0 Å². The van der Waals surface area contributed by atoms with E-state index < -0.39 is 23.5 Å². The molecule has 0 heterocycles. The van der Waals surface area contributed by atoms with Crippen LogP contribution in [0.25, 0.3) is 0 Å². The molecule has 0 saturated heterocycles. The van der Waals surface area contributed by atoms with Crippen LogP contribution in [0.3, 0.4) is 0 Å². The molecule has 1 fully saturated rings. The third-order valence-electron chi connectivity index (χ3n) is 4.21. The molecule has 0 bridgehead atoms. The first-order valence-electron chi connectivity index (χ1n) is 6.80. The minimum Gasteiger partial charge on any atom is -0.493 e. The van der Waals surface area contributed by atoms with Crippen molar-refractivity contribution in [2.45, 2.75) is 44.4 Å². The van der Waals surface area contributed by atoms with Crippen molar-refractivity contribution in [1.29, 1.82) is 0 Å². The lowest BCUT2D eigenvalue weighted by Gasteiger charge is -2.36. The summed E-state index contributed by atoms with van der Waals surface area (Å²) in [6, 6.07) is 2.47. The maximum Gasteiger partial charge on any atom is 0.250 e. The van der Waals surface area contributed by atoms with Gasteiger partial charge in [-0.3, -0.25) is 0 Å². The summed E-state index contributed by atoms with van der Waals surface area (Å²) >= 11 is 0. The van der Waals surface area contributed by atoms with Gasteiger partial charge in [0.05, 0.1) is 7.11 Å². The van der Waals surface area contributed by atoms with Gasteiger partial charge >= 0.3 is 0 Å². The van der Waals surface area contributed by atoms with E-state index in [-0.39, 0.29) is 30.9 Å². The maximum atomic E-state index is 13.7. The molecule has 0 aliphatic heterocycles. The normalized spacial score (nSPS) is 25.5. The van der Waals surface area contributed by atoms with Gasteiger partial charge in [0.25, 0.3) is 5.92 Å². The zero-order valence-electron chi connectivity index (χ0n) is 11.6. The minimum absolute atomic E-state index is 0.157. The molecule has 1 aromatic carbocycles. The van der Waals surface area contributed by atoms with Gasteiger partial charge in [-0.2, -0.15) is 4.39 Å². The summed E-state index contributed by atoms with van der Waals surface area (Å²) in [5.74, 6) is -5.80. The zero-order chi connectivity index (χ0) is 14.9. The predicted molar refractivity (Wildman–Crippen MR) is 68.2 cm³/mol. The number of halogens is 4. The SMILES string of the molecule is CCC1CC(c2ccc(F)c(F)c2OC)CCC1(F)F. The first kappa shape index (κ1) is 15.1. The van der Waals surface area contributed by atoms with E-state index in [2.05, 4.69) is 0 Å². The van der Waals surface area contributed by atoms with E-state index in [1.54, 1.807) is 6.92 Å². The number of rotatable bonds is 3. The summed E-state index contributed by atoms with van der Waals surface area (Å²) in [6.45, 7) is 1.73. The molecule has 20 heavy (non-hydrogen) atoms. The molecule has 2 atom stereocenters. The van der Waals surface area contributed by atoms with Gasteiger partial charge in [0.1, 0.15) is 0 Å². The molecule has 1 aliphatic rings. The Morgan fingerprint density at radius 3 is 2.60 bits per heavy atom. The highest BCUT2D eigenvalue weighted by Gasteiger charge is 2.44. The van der Waals surface area contributed by atoms with Crippen LogP contribution in [-0.2, 0) is 0 Å². The summed E-state index contributed by atoms with van der Waals surface area (Å²) in [7, 11) is 1.26. The van der Waals surface area contributed by atoms with Crippen LogP contribution in [0, 0.1) is 17.6 Å². The molecule has 2 unspecified atom stereocenters. The maximum absolute atomic E-state index is 13.7. The summed E-state index contributed by atoms with van der Waals surface area (Å²) in [5, 5.41) is 0. The lowest BCUT2D eigenvalue weighted by atomic mass is 9.74. The average molecular weight is 290 g/mol. The van der Waals surface area contributed by atoms with Crippen molar-refractivity contribution in [3.8, 4) is 5.75 Å². The van der Waals surface area contributed by atoms with Gasteiger partial charge in [0.2, 0.25) is 5.82 Å². The number of benzene rings is 1. The van der Waals surface area contributed by atoms with Gasteiger partial charge < -0.3 is 4.74 Å². The standard InChI is InChI=1S/C15H18F4O/c1-3-10-8-9(6-7-15(10,18)19)11-4-5-12(16)13(17)14(11)20-2/h4-5,9-10H,3,6-8H2,1-2H3. The predicted octanol–water partition coefficient (Wildman–Crippen LogP) is 4.90. The smallest absolute Gasteiger partial charge is 0.250 e. The molecule has 0 amide bonds. The van der Waals surface area contributed by atoms with Crippen LogP contribution in [0.4, 0.5) is 17.6 Å². The van der Waals surface area contributed by atoms with Gasteiger partial charge in [-0.25, -0.2) is 13.2 Å². The zero-order valence-corrected chi connectivity index (χ0v) is 11.6. The number of hydrogen-bond donors (Lipinski definition) is 0. The van der Waals surface area contributed by atoms with Crippen LogP contribution in [0.5, 0.6) is 5.75 Å². The average Bonchev–Trinajstić information content (AvgIpc) is 2.41. The Balaban J connectivity index is 2.31. The van der Waals surface area contributed by atoms with Gasteiger partial charge in [-0.05, 0) is 31.2 Å². The fraction of sp³-hybridized carbons (Fsp3) is 0.600. The highest BCUT2D eigenvalue weighted by atomic mass is 19.3. The van der Waals surface area contributed by atoms with Gasteiger partial charge in [-0.1, -0.05) is 13.0 Å². The van der Waals surface area contributed by atoms with Gasteiger partial charge in [0, 0.05) is 17.9 Å². The van der Waals surface area contributed by atoms with Crippen LogP contribution in [-0.4, -0.2) is 13.0 Å². The largest absolute Gasteiger partial charge is 0.493 e. The van der Waals surface area contributed by atoms with E-state index in [9.17, 15) is 17.6 Å². The molecule has 1 aliphatic carbocycles. The molecule has 5 heteroatoms. The van der Waals surface area contributed by atoms with Crippen molar-refractivity contribution in [2.75, 3.05) is 7.11 Å². The lowest BCUT2D eigenvalue weighted by molar-refractivity contribution is -0.0912. The Hall–Kier alpha value is -1.26. The summed E-state index contributed by atoms with van der Waals surface area (Å²) in [6.07, 6.45) is 0.670. The van der Waals surface area contributed by atoms with Gasteiger partial charge in [-0.15, -0.1) is 0 Å². The highest BCUT2D eigenvalue weighted by molar-refractivity contribution is 5.38. The highest BCUT2D eigenvalue weighted by Crippen LogP contribution is 2.48. The quantitative estimate of drug-likeness (QED) is 0.719. The summed E-state index contributed by atoms with van der Waals surface area (Å²) in [4.78, 5) is 0. The first-order valence-corrected chi connectivity index (χ1v) is 6.80. The number of alkyl halides is 2. The second kappa shape index (κ2) is 5.62. The summed E-state index contributed by atoms with van der Waals surface area (Å²) < 4.78 is 59.3. The van der Waals surface area contributed by atoms with E-state index in [1.807, 2.05) is 0 Å². The minimum atomic E-state index is -2.67. The Labute approximate surface area is 115 Å². The first-order chi connectivity index (χ1) is 9.40. The fourth-order valence-corrected chi connectivity index (χ4v) is 3.03. The topological polar surface area (TPSA) is 9.23 Å². The van der Waals surface area contributed by atoms with Crippen molar-refractivity contribution in [2.24, 2.45) is 5.92 Å². The second-order valence-electron chi connectivity index (χ2n) is 5.32. The Morgan fingerprint density at radius 1 is 1.30 bits per heavy atom. The Kier molecular flexibility index (Phi) is 4.25. The van der Waals surface area contributed by atoms with E-state index in [0.29, 0.717) is 12.0 Å². The van der Waals surface area contributed by atoms with Crippen molar-refractivity contribution in [3.05, 3.63) is 29.3 Å². The van der Waals surface area contributed by atoms with Gasteiger partial charge in [0.15, 0.2) is 11.6 Å². The van der Waals surface area contributed by atoms with Crippen molar-refractivity contribution < 1.29 is 22.3 Å². The molecule has 0 radical (unpaired) electrons. The summed E-state index contributed by atoms with van der Waals surface area (Å²) in [5.41, 5.74) is 0.486. The fourth-order valence-electron chi connectivity index (χ4n) is 3.03. The van der Waals surface area contributed by atoms with E-state index >= 15 is 0 Å². The Bertz CT molecular complexity index is 487. The van der Waals surface area contributed by atoms with Crippen LogP contribution >= 0.6 is 0 Å². The van der Waals surface area contributed by atoms with Crippen molar-refractivity contribution in [3.63, 3.8) is 0 Å². The van der Waals surface area contributed by atoms with Crippen LogP contribution in [0.1, 0.15) is 44.1 Å². The third-order valence-corrected chi connectivity index (χ3v) is 4.21. The molecule has 1 nitrogen and oxygen atoms in total. The molecule has 112 valence electrons. The Morgan fingerprint density at radius 2 is 2.00 bits per heavy atom. The molecule has 0 N–H and O–H groups in total. The second-order valence-corrected chi connectivity index (χ2v) is 5.32. The molecule has 0 aromatic heterocycles. The molecule has 1 saturated carbocycles. The van der Waals surface area contributed by atoms with E-state index in [1.165, 1.54) is 13.2 Å². The number of ether oxygens (including phenoxy) is 1. The molecular weight excluding hydrogens is 272 g/mol. The molecule has 1 aromatic rings. The monoisotopic (exact) mass is 290 g/mol. The van der Waals surface area contributed by atoms with Crippen molar-refractivity contribution >= 4 is 0 Å². The third kappa shape index (κ3) is 2.63. The number of methoxy groups -OCH3 is 1. The lowest BCUT2D eigenvalue weighted by Crippen LogP contribution is -2.34. The molecular formula is C15H18F4O. The van der Waals surface area contributed by atoms with Crippen LogP contribution in [0.15, 0.2) is 12.1 Å². The van der Waals surface area contributed by atoms with Crippen LogP contribution in [0.2, 0.25) is 0 Å².